The van der Waals surface area contributed by atoms with Gasteiger partial charge in [-0.25, -0.2) is 8.42 Å². The number of carboxylic acid groups (broad SMARTS) is 1. The smallest absolute Gasteiger partial charge is 0.417 e. The third-order valence-corrected chi connectivity index (χ3v) is 5.26. The highest BCUT2D eigenvalue weighted by atomic mass is 35.5. The van der Waals surface area contributed by atoms with Gasteiger partial charge in [-0.1, -0.05) is 34.8 Å². The maximum Gasteiger partial charge on any atom is 0.417 e. The maximum absolute atomic E-state index is 12.9. The molecule has 0 heterocycles. The predicted molar refractivity (Wildman–Crippen MR) is 88.1 cm³/mol. The summed E-state index contributed by atoms with van der Waals surface area (Å²) in [5, 5.41) is 9.96. The fraction of sp³-hybridized carbons (Fsp3) is 0.0714. The summed E-state index contributed by atoms with van der Waals surface area (Å²) >= 11 is 16.9. The molecule has 0 amide bonds. The van der Waals surface area contributed by atoms with Gasteiger partial charge in [0.2, 0.25) is 0 Å². The summed E-state index contributed by atoms with van der Waals surface area (Å²) < 4.78 is 65.3. The van der Waals surface area contributed by atoms with Crippen molar-refractivity contribution in [3.63, 3.8) is 0 Å². The summed E-state index contributed by atoms with van der Waals surface area (Å²) in [5.41, 5.74) is -2.65. The Balaban J connectivity index is 2.57. The Morgan fingerprint density at radius 3 is 2.19 bits per heavy atom. The summed E-state index contributed by atoms with van der Waals surface area (Å²) in [6.45, 7) is 0. The molecular formula is C14H6Cl3F3NO4S-. The molecule has 0 unspecified atom stereocenters. The molecule has 0 spiro atoms. The molecule has 2 rings (SSSR count). The molecule has 0 saturated carbocycles. The van der Waals surface area contributed by atoms with Crippen molar-refractivity contribution in [2.24, 2.45) is 0 Å². The van der Waals surface area contributed by atoms with E-state index >= 15 is 0 Å². The van der Waals surface area contributed by atoms with Crippen molar-refractivity contribution < 1.29 is 31.5 Å². The maximum atomic E-state index is 12.9. The van der Waals surface area contributed by atoms with Crippen LogP contribution in [0.5, 0.6) is 0 Å². The molecule has 0 bridgehead atoms. The van der Waals surface area contributed by atoms with Crippen LogP contribution in [0.15, 0.2) is 35.2 Å². The van der Waals surface area contributed by atoms with Crippen LogP contribution in [-0.2, 0) is 16.2 Å². The quantitative estimate of drug-likeness (QED) is 0.772. The van der Waals surface area contributed by atoms with Crippen molar-refractivity contribution in [2.75, 3.05) is 4.72 Å². The van der Waals surface area contributed by atoms with E-state index in [0.717, 1.165) is 24.3 Å². The second kappa shape index (κ2) is 7.15. The van der Waals surface area contributed by atoms with Crippen LogP contribution in [0.1, 0.15) is 15.9 Å². The molecule has 1 N–H and O–H groups in total. The lowest BCUT2D eigenvalue weighted by atomic mass is 10.2. The summed E-state index contributed by atoms with van der Waals surface area (Å²) in [7, 11) is -4.63. The number of nitrogens with one attached hydrogen (secondary N) is 1. The van der Waals surface area contributed by atoms with Gasteiger partial charge < -0.3 is 9.90 Å². The zero-order valence-corrected chi connectivity index (χ0v) is 15.3. The number of halogens is 6. The van der Waals surface area contributed by atoms with Crippen LogP contribution in [0.4, 0.5) is 18.9 Å². The molecule has 0 fully saturated rings. The van der Waals surface area contributed by atoms with Gasteiger partial charge >= 0.3 is 6.18 Å². The minimum absolute atomic E-state index is 0.108. The lowest BCUT2D eigenvalue weighted by Crippen LogP contribution is -2.25. The molecule has 0 aromatic heterocycles. The van der Waals surface area contributed by atoms with Gasteiger partial charge in [0.1, 0.15) is 0 Å². The molecular weight excluding hydrogens is 442 g/mol. The largest absolute Gasteiger partial charge is 0.545 e. The molecule has 0 aliphatic rings. The Hall–Kier alpha value is -1.68. The summed E-state index contributed by atoms with van der Waals surface area (Å²) in [4.78, 5) is 10.3. The predicted octanol–water partition coefficient (Wildman–Crippen LogP) is 3.83. The van der Waals surface area contributed by atoms with Gasteiger partial charge in [-0.15, -0.1) is 0 Å². The highest BCUT2D eigenvalue weighted by Gasteiger charge is 2.34. The molecule has 12 heteroatoms. The zero-order chi connectivity index (χ0) is 19.9. The second-order valence-electron chi connectivity index (χ2n) is 4.84. The SMILES string of the molecule is O=C([O-])c1cc(Cl)cc(Cl)c1NS(=O)(=O)c1ccc(Cl)c(C(F)(F)F)c1. The number of hydrogen-bond donors (Lipinski definition) is 1. The normalized spacial score (nSPS) is 12.1. The number of anilines is 1. The second-order valence-corrected chi connectivity index (χ2v) is 7.78. The van der Waals surface area contributed by atoms with Crippen molar-refractivity contribution in [1.29, 1.82) is 0 Å². The number of alkyl halides is 3. The number of carbonyl (C=O) groups is 1. The molecule has 2 aromatic rings. The van der Waals surface area contributed by atoms with Gasteiger partial charge in [-0.05, 0) is 30.3 Å². The van der Waals surface area contributed by atoms with Gasteiger partial charge in [-0.2, -0.15) is 13.2 Å². The molecule has 0 aliphatic heterocycles. The van der Waals surface area contributed by atoms with Crippen LogP contribution in [0.2, 0.25) is 15.1 Å². The van der Waals surface area contributed by atoms with Crippen molar-refractivity contribution in [3.8, 4) is 0 Å². The van der Waals surface area contributed by atoms with Crippen LogP contribution in [-0.4, -0.2) is 14.4 Å². The van der Waals surface area contributed by atoms with Crippen LogP contribution in [0, 0.1) is 0 Å². The molecule has 2 aromatic carbocycles. The van der Waals surface area contributed by atoms with E-state index in [9.17, 15) is 31.5 Å². The van der Waals surface area contributed by atoms with Crippen LogP contribution >= 0.6 is 34.8 Å². The number of hydrogen-bond acceptors (Lipinski definition) is 4. The number of sulfonamides is 1. The molecule has 5 nitrogen and oxygen atoms in total. The lowest BCUT2D eigenvalue weighted by molar-refractivity contribution is -0.254. The number of rotatable bonds is 4. The Morgan fingerprint density at radius 1 is 1.04 bits per heavy atom. The van der Waals surface area contributed by atoms with Gasteiger partial charge in [0.25, 0.3) is 10.0 Å². The van der Waals surface area contributed by atoms with E-state index in [2.05, 4.69) is 0 Å². The van der Waals surface area contributed by atoms with E-state index < -0.39 is 48.9 Å². The van der Waals surface area contributed by atoms with Crippen LogP contribution < -0.4 is 9.83 Å². The molecule has 0 radical (unpaired) electrons. The fourth-order valence-corrected chi connectivity index (χ4v) is 3.87. The van der Waals surface area contributed by atoms with Crippen LogP contribution in [0.25, 0.3) is 0 Å². The fourth-order valence-electron chi connectivity index (χ4n) is 1.92. The number of carboxylic acids is 1. The van der Waals surface area contributed by atoms with Gasteiger partial charge in [0.05, 0.1) is 32.2 Å². The summed E-state index contributed by atoms with van der Waals surface area (Å²) in [5.74, 6) is -1.79. The van der Waals surface area contributed by atoms with Crippen molar-refractivity contribution in [1.82, 2.24) is 0 Å². The first-order chi connectivity index (χ1) is 11.8. The standard InChI is InChI=1S/C14H7Cl3F3NO4S/c15-6-3-8(13(22)23)12(11(17)4-6)21-26(24,25)7-1-2-10(16)9(5-7)14(18,19)20/h1-5,21H,(H,22,23)/p-1. The lowest BCUT2D eigenvalue weighted by Gasteiger charge is -2.16. The van der Waals surface area contributed by atoms with Gasteiger partial charge in [0, 0.05) is 10.6 Å². The Bertz CT molecular complexity index is 994. The average molecular weight is 448 g/mol. The monoisotopic (exact) mass is 446 g/mol. The Kier molecular flexibility index (Phi) is 5.67. The van der Waals surface area contributed by atoms with E-state index in [1.807, 2.05) is 4.72 Å². The minimum atomic E-state index is -4.89. The highest BCUT2D eigenvalue weighted by Crippen LogP contribution is 2.37. The zero-order valence-electron chi connectivity index (χ0n) is 12.2. The van der Waals surface area contributed by atoms with Gasteiger partial charge in [-0.3, -0.25) is 4.72 Å². The first-order valence-corrected chi connectivity index (χ1v) is 9.04. The van der Waals surface area contributed by atoms with Crippen molar-refractivity contribution in [2.45, 2.75) is 11.1 Å². The summed E-state index contributed by atoms with van der Waals surface area (Å²) in [6, 6.07) is 3.82. The summed E-state index contributed by atoms with van der Waals surface area (Å²) in [6.07, 6.45) is -4.89. The van der Waals surface area contributed by atoms with E-state index in [1.165, 1.54) is 0 Å². The van der Waals surface area contributed by atoms with Crippen molar-refractivity contribution >= 4 is 56.5 Å². The van der Waals surface area contributed by atoms with Crippen molar-refractivity contribution in [3.05, 3.63) is 56.5 Å². The van der Waals surface area contributed by atoms with Crippen LogP contribution in [0.3, 0.4) is 0 Å². The number of aromatic carboxylic acids is 1. The third kappa shape index (κ3) is 4.35. The topological polar surface area (TPSA) is 86.3 Å². The number of carbonyl (C=O) groups excluding carboxylic acids is 1. The highest BCUT2D eigenvalue weighted by molar-refractivity contribution is 7.92. The van der Waals surface area contributed by atoms with E-state index in [1.54, 1.807) is 0 Å². The number of benzene rings is 2. The molecule has 26 heavy (non-hydrogen) atoms. The molecule has 0 atom stereocenters. The minimum Gasteiger partial charge on any atom is -0.545 e. The third-order valence-electron chi connectivity index (χ3n) is 3.06. The Morgan fingerprint density at radius 2 is 1.65 bits per heavy atom. The molecule has 0 saturated heterocycles. The van der Waals surface area contributed by atoms with E-state index in [-0.39, 0.29) is 10.0 Å². The van der Waals surface area contributed by atoms with E-state index in [0.29, 0.717) is 6.07 Å². The molecule has 0 aliphatic carbocycles. The van der Waals surface area contributed by atoms with E-state index in [4.69, 9.17) is 34.8 Å². The molecule has 140 valence electrons. The first kappa shape index (κ1) is 20.6. The first-order valence-electron chi connectivity index (χ1n) is 6.43. The van der Waals surface area contributed by atoms with Gasteiger partial charge in [0.15, 0.2) is 0 Å². The average Bonchev–Trinajstić information content (AvgIpc) is 2.48. The Labute approximate surface area is 160 Å².